The highest BCUT2D eigenvalue weighted by Gasteiger charge is 2.38. The summed E-state index contributed by atoms with van der Waals surface area (Å²) in [4.78, 5) is 30.1. The smallest absolute Gasteiger partial charge is 0.315 e. The fourth-order valence-corrected chi connectivity index (χ4v) is 3.24. The van der Waals surface area contributed by atoms with Crippen molar-refractivity contribution in [3.05, 3.63) is 66.0 Å². The van der Waals surface area contributed by atoms with Crippen LogP contribution in [0, 0.1) is 5.92 Å². The summed E-state index contributed by atoms with van der Waals surface area (Å²) in [6.45, 7) is 0.821. The zero-order valence-corrected chi connectivity index (χ0v) is 14.2. The Bertz CT molecular complexity index is 721. The van der Waals surface area contributed by atoms with Crippen LogP contribution in [0.5, 0.6) is 0 Å². The maximum absolute atomic E-state index is 12.1. The molecule has 3 amide bonds. The van der Waals surface area contributed by atoms with Gasteiger partial charge in [0, 0.05) is 32.1 Å². The van der Waals surface area contributed by atoms with E-state index in [2.05, 4.69) is 15.6 Å². The molecule has 0 aliphatic carbocycles. The van der Waals surface area contributed by atoms with Crippen LogP contribution in [-0.2, 0) is 11.3 Å². The number of nitrogens with one attached hydrogen (secondary N) is 2. The second-order valence-electron chi connectivity index (χ2n) is 6.21. The minimum Gasteiger partial charge on any atom is -0.338 e. The first-order valence-electron chi connectivity index (χ1n) is 8.37. The van der Waals surface area contributed by atoms with Crippen molar-refractivity contribution in [3.63, 3.8) is 0 Å². The number of urea groups is 1. The van der Waals surface area contributed by atoms with E-state index in [0.717, 1.165) is 11.3 Å². The van der Waals surface area contributed by atoms with Gasteiger partial charge in [0.1, 0.15) is 0 Å². The predicted molar refractivity (Wildman–Crippen MR) is 94.5 cm³/mol. The highest BCUT2D eigenvalue weighted by Crippen LogP contribution is 2.36. The summed E-state index contributed by atoms with van der Waals surface area (Å²) < 4.78 is 0. The molecule has 6 nitrogen and oxygen atoms in total. The Balaban J connectivity index is 1.56. The van der Waals surface area contributed by atoms with Crippen LogP contribution >= 0.6 is 0 Å². The standard InChI is InChI=1S/C19H22N4O2/c1-23-17(24)11-15(18(23)14-7-3-2-4-8-14)12-21-19(25)22-13-16-9-5-6-10-20-16/h2-10,15,18H,11-13H2,1H3,(H2,21,22,25)/t15-,18+/m0/s1. The summed E-state index contributed by atoms with van der Waals surface area (Å²) in [5.74, 6) is 0.162. The quantitative estimate of drug-likeness (QED) is 0.877. The Morgan fingerprint density at radius 3 is 2.64 bits per heavy atom. The topological polar surface area (TPSA) is 74.3 Å². The van der Waals surface area contributed by atoms with E-state index in [9.17, 15) is 9.59 Å². The Morgan fingerprint density at radius 2 is 1.92 bits per heavy atom. The van der Waals surface area contributed by atoms with Crippen LogP contribution in [0.1, 0.15) is 23.7 Å². The number of hydrogen-bond acceptors (Lipinski definition) is 3. The predicted octanol–water partition coefficient (Wildman–Crippen LogP) is 2.10. The molecule has 1 aromatic heterocycles. The van der Waals surface area contributed by atoms with Gasteiger partial charge in [-0.3, -0.25) is 9.78 Å². The molecular formula is C19H22N4O2. The average Bonchev–Trinajstić information content (AvgIpc) is 2.94. The summed E-state index contributed by atoms with van der Waals surface area (Å²) in [5.41, 5.74) is 1.90. The molecule has 3 rings (SSSR count). The third-order valence-corrected chi connectivity index (χ3v) is 4.52. The average molecular weight is 338 g/mol. The molecule has 1 aromatic carbocycles. The first-order valence-corrected chi connectivity index (χ1v) is 8.37. The van der Waals surface area contributed by atoms with Crippen LogP contribution in [0.4, 0.5) is 4.79 Å². The van der Waals surface area contributed by atoms with Gasteiger partial charge in [0.2, 0.25) is 5.91 Å². The maximum atomic E-state index is 12.1. The molecular weight excluding hydrogens is 316 g/mol. The summed E-state index contributed by atoms with van der Waals surface area (Å²) >= 11 is 0. The van der Waals surface area contributed by atoms with E-state index < -0.39 is 0 Å². The second-order valence-corrected chi connectivity index (χ2v) is 6.21. The third kappa shape index (κ3) is 4.15. The number of aromatic nitrogens is 1. The Morgan fingerprint density at radius 1 is 1.16 bits per heavy atom. The van der Waals surface area contributed by atoms with Gasteiger partial charge >= 0.3 is 6.03 Å². The lowest BCUT2D eigenvalue weighted by atomic mass is 9.94. The van der Waals surface area contributed by atoms with Crippen molar-refractivity contribution in [2.45, 2.75) is 19.0 Å². The lowest BCUT2D eigenvalue weighted by molar-refractivity contribution is -0.127. The Labute approximate surface area is 147 Å². The van der Waals surface area contributed by atoms with Crippen molar-refractivity contribution in [3.8, 4) is 0 Å². The molecule has 0 radical (unpaired) electrons. The Hall–Kier alpha value is -2.89. The lowest BCUT2D eigenvalue weighted by Crippen LogP contribution is -2.39. The first-order chi connectivity index (χ1) is 12.1. The molecule has 2 atom stereocenters. The molecule has 0 bridgehead atoms. The third-order valence-electron chi connectivity index (χ3n) is 4.52. The number of carbonyl (C=O) groups excluding carboxylic acids is 2. The van der Waals surface area contributed by atoms with Crippen LogP contribution in [0.25, 0.3) is 0 Å². The monoisotopic (exact) mass is 338 g/mol. The normalized spacial score (nSPS) is 19.7. The van der Waals surface area contributed by atoms with Crippen molar-refractivity contribution >= 4 is 11.9 Å². The second kappa shape index (κ2) is 7.79. The van der Waals surface area contributed by atoms with Gasteiger partial charge in [-0.2, -0.15) is 0 Å². The molecule has 1 saturated heterocycles. The van der Waals surface area contributed by atoms with Gasteiger partial charge in [-0.15, -0.1) is 0 Å². The van der Waals surface area contributed by atoms with Crippen LogP contribution in [0.2, 0.25) is 0 Å². The number of rotatable bonds is 5. The molecule has 1 aliphatic rings. The molecule has 2 aromatic rings. The van der Waals surface area contributed by atoms with Gasteiger partial charge < -0.3 is 15.5 Å². The zero-order chi connectivity index (χ0) is 17.6. The van der Waals surface area contributed by atoms with Crippen LogP contribution < -0.4 is 10.6 Å². The minimum atomic E-state index is -0.250. The van der Waals surface area contributed by atoms with E-state index in [-0.39, 0.29) is 23.9 Å². The molecule has 0 unspecified atom stereocenters. The minimum absolute atomic E-state index is 0.00945. The van der Waals surface area contributed by atoms with E-state index in [1.54, 1.807) is 11.1 Å². The van der Waals surface area contributed by atoms with E-state index in [1.807, 2.05) is 55.6 Å². The number of amides is 3. The van der Waals surface area contributed by atoms with Gasteiger partial charge in [0.05, 0.1) is 18.3 Å². The SMILES string of the molecule is CN1C(=O)C[C@@H](CNC(=O)NCc2ccccn2)[C@H]1c1ccccc1. The van der Waals surface area contributed by atoms with E-state index in [4.69, 9.17) is 0 Å². The Kier molecular flexibility index (Phi) is 5.28. The van der Waals surface area contributed by atoms with Gasteiger partial charge in [-0.25, -0.2) is 4.79 Å². The maximum Gasteiger partial charge on any atom is 0.315 e. The lowest BCUT2D eigenvalue weighted by Gasteiger charge is -2.25. The zero-order valence-electron chi connectivity index (χ0n) is 14.2. The molecule has 2 N–H and O–H groups in total. The highest BCUT2D eigenvalue weighted by atomic mass is 16.2. The van der Waals surface area contributed by atoms with Crippen molar-refractivity contribution in [1.82, 2.24) is 20.5 Å². The van der Waals surface area contributed by atoms with Crippen molar-refractivity contribution in [2.75, 3.05) is 13.6 Å². The van der Waals surface area contributed by atoms with E-state index >= 15 is 0 Å². The number of benzene rings is 1. The molecule has 0 saturated carbocycles. The van der Waals surface area contributed by atoms with Gasteiger partial charge in [-0.1, -0.05) is 36.4 Å². The fraction of sp³-hybridized carbons (Fsp3) is 0.316. The number of hydrogen-bond donors (Lipinski definition) is 2. The number of pyridine rings is 1. The number of likely N-dealkylation sites (tertiary alicyclic amines) is 1. The summed E-state index contributed by atoms with van der Waals surface area (Å²) in [5, 5.41) is 5.67. The van der Waals surface area contributed by atoms with Crippen LogP contribution in [0.3, 0.4) is 0 Å². The van der Waals surface area contributed by atoms with Crippen molar-refractivity contribution in [2.24, 2.45) is 5.92 Å². The van der Waals surface area contributed by atoms with Gasteiger partial charge in [-0.05, 0) is 17.7 Å². The number of nitrogens with zero attached hydrogens (tertiary/aromatic N) is 2. The largest absolute Gasteiger partial charge is 0.338 e. The fourth-order valence-electron chi connectivity index (χ4n) is 3.24. The van der Waals surface area contributed by atoms with Crippen molar-refractivity contribution in [1.29, 1.82) is 0 Å². The van der Waals surface area contributed by atoms with E-state index in [0.29, 0.717) is 19.5 Å². The summed E-state index contributed by atoms with van der Waals surface area (Å²) in [6.07, 6.45) is 2.13. The van der Waals surface area contributed by atoms with Crippen LogP contribution in [0.15, 0.2) is 54.7 Å². The van der Waals surface area contributed by atoms with Gasteiger partial charge in [0.15, 0.2) is 0 Å². The van der Waals surface area contributed by atoms with Crippen molar-refractivity contribution < 1.29 is 9.59 Å². The first kappa shape index (κ1) is 17.0. The summed E-state index contributed by atoms with van der Waals surface area (Å²) in [6, 6.07) is 15.2. The summed E-state index contributed by atoms with van der Waals surface area (Å²) in [7, 11) is 1.82. The van der Waals surface area contributed by atoms with Crippen LogP contribution in [-0.4, -0.2) is 35.4 Å². The molecule has 1 fully saturated rings. The molecule has 130 valence electrons. The van der Waals surface area contributed by atoms with Gasteiger partial charge in [0.25, 0.3) is 0 Å². The molecule has 6 heteroatoms. The highest BCUT2D eigenvalue weighted by molar-refractivity contribution is 5.80. The molecule has 2 heterocycles. The number of carbonyl (C=O) groups is 2. The molecule has 1 aliphatic heterocycles. The molecule has 0 spiro atoms. The molecule has 25 heavy (non-hydrogen) atoms. The van der Waals surface area contributed by atoms with E-state index in [1.165, 1.54) is 0 Å².